The second-order valence-corrected chi connectivity index (χ2v) is 3.29. The van der Waals surface area contributed by atoms with Crippen LogP contribution < -0.4 is 5.32 Å². The molecule has 0 saturated heterocycles. The highest BCUT2D eigenvalue weighted by Crippen LogP contribution is 2.21. The molecule has 3 nitrogen and oxygen atoms in total. The molecule has 2 N–H and O–H groups in total. The monoisotopic (exact) mass is 251 g/mol. The third kappa shape index (κ3) is 4.29. The van der Waals surface area contributed by atoms with Gasteiger partial charge in [-0.25, -0.2) is 9.18 Å². The van der Waals surface area contributed by atoms with Gasteiger partial charge in [0.15, 0.2) is 0 Å². The van der Waals surface area contributed by atoms with Gasteiger partial charge in [0.05, 0.1) is 17.7 Å². The Morgan fingerprint density at radius 2 is 2.00 bits per heavy atom. The van der Waals surface area contributed by atoms with Gasteiger partial charge in [-0.05, 0) is 18.2 Å². The molecule has 1 rings (SSSR count). The number of carbonyl (C=O) groups is 1. The number of alkyl halides is 3. The Kier molecular flexibility index (Phi) is 3.93. The summed E-state index contributed by atoms with van der Waals surface area (Å²) in [6.45, 7) is -0.507. The maximum absolute atomic E-state index is 12.8. The average molecular weight is 251 g/mol. The molecule has 17 heavy (non-hydrogen) atoms. The molecule has 0 heterocycles. The number of carboxylic acid groups (broad SMARTS) is 1. The summed E-state index contributed by atoms with van der Waals surface area (Å²) < 4.78 is 48.4. The first-order valence-electron chi connectivity index (χ1n) is 4.63. The van der Waals surface area contributed by atoms with Crippen LogP contribution in [-0.4, -0.2) is 23.8 Å². The Bertz CT molecular complexity index is 417. The minimum absolute atomic E-state index is 0.165. The quantitative estimate of drug-likeness (QED) is 0.809. The second-order valence-electron chi connectivity index (χ2n) is 3.29. The van der Waals surface area contributed by atoms with Crippen molar-refractivity contribution in [1.29, 1.82) is 0 Å². The lowest BCUT2D eigenvalue weighted by atomic mass is 10.1. The first-order chi connectivity index (χ1) is 7.79. The third-order valence-corrected chi connectivity index (χ3v) is 1.94. The maximum atomic E-state index is 12.8. The minimum Gasteiger partial charge on any atom is -0.478 e. The van der Waals surface area contributed by atoms with Crippen LogP contribution in [0.5, 0.6) is 0 Å². The predicted molar refractivity (Wildman–Crippen MR) is 52.5 cm³/mol. The number of halogens is 4. The van der Waals surface area contributed by atoms with E-state index in [9.17, 15) is 22.4 Å². The van der Waals surface area contributed by atoms with Crippen molar-refractivity contribution in [1.82, 2.24) is 0 Å². The number of aromatic carboxylic acids is 1. The molecule has 0 atom stereocenters. The molecule has 0 aliphatic rings. The van der Waals surface area contributed by atoms with Crippen molar-refractivity contribution in [3.05, 3.63) is 29.6 Å². The second kappa shape index (κ2) is 5.03. The largest absolute Gasteiger partial charge is 0.478 e. The highest BCUT2D eigenvalue weighted by atomic mass is 19.4. The zero-order valence-electron chi connectivity index (χ0n) is 8.51. The van der Waals surface area contributed by atoms with Crippen LogP contribution in [0.2, 0.25) is 0 Å². The van der Waals surface area contributed by atoms with Gasteiger partial charge in [-0.1, -0.05) is 0 Å². The van der Waals surface area contributed by atoms with E-state index in [1.54, 1.807) is 0 Å². The summed E-state index contributed by atoms with van der Waals surface area (Å²) in [6.07, 6.45) is -5.47. The molecular weight excluding hydrogens is 242 g/mol. The summed E-state index contributed by atoms with van der Waals surface area (Å²) in [7, 11) is 0. The molecular formula is C10H9F4NO2. The molecule has 0 bridgehead atoms. The Labute approximate surface area is 94.1 Å². The van der Waals surface area contributed by atoms with E-state index in [4.69, 9.17) is 5.11 Å². The van der Waals surface area contributed by atoms with E-state index in [1.807, 2.05) is 0 Å². The molecule has 0 aliphatic carbocycles. The molecule has 7 heteroatoms. The summed E-state index contributed by atoms with van der Waals surface area (Å²) in [5, 5.41) is 11.0. The maximum Gasteiger partial charge on any atom is 0.390 e. The number of nitrogens with one attached hydrogen (secondary N) is 1. The molecule has 1 aromatic carbocycles. The van der Waals surface area contributed by atoms with Crippen LogP contribution in [-0.2, 0) is 0 Å². The number of hydrogen-bond acceptors (Lipinski definition) is 2. The van der Waals surface area contributed by atoms with Gasteiger partial charge in [-0.2, -0.15) is 13.2 Å². The van der Waals surface area contributed by atoms with Crippen LogP contribution >= 0.6 is 0 Å². The summed E-state index contributed by atoms with van der Waals surface area (Å²) in [5.74, 6) is -2.05. The fourth-order valence-corrected chi connectivity index (χ4v) is 1.19. The van der Waals surface area contributed by atoms with E-state index in [-0.39, 0.29) is 11.3 Å². The fraction of sp³-hybridized carbons (Fsp3) is 0.300. The van der Waals surface area contributed by atoms with Crippen molar-refractivity contribution in [3.63, 3.8) is 0 Å². The third-order valence-electron chi connectivity index (χ3n) is 1.94. The first kappa shape index (κ1) is 13.3. The fourth-order valence-electron chi connectivity index (χ4n) is 1.19. The molecule has 0 saturated carbocycles. The molecule has 0 aromatic heterocycles. The van der Waals surface area contributed by atoms with Crippen LogP contribution in [0.1, 0.15) is 16.8 Å². The summed E-state index contributed by atoms with van der Waals surface area (Å²) in [6, 6.07) is 2.77. The highest BCUT2D eigenvalue weighted by Gasteiger charge is 2.26. The standard InChI is InChI=1S/C10H9F4NO2/c11-6-1-2-7(9(16)17)8(5-6)15-4-3-10(12,13)14/h1-2,5,15H,3-4H2,(H,16,17). The zero-order chi connectivity index (χ0) is 13.1. The molecule has 0 fully saturated rings. The van der Waals surface area contributed by atoms with Crippen molar-refractivity contribution in [2.45, 2.75) is 12.6 Å². The lowest BCUT2D eigenvalue weighted by Crippen LogP contribution is -2.16. The van der Waals surface area contributed by atoms with Crippen molar-refractivity contribution in [2.24, 2.45) is 0 Å². The van der Waals surface area contributed by atoms with E-state index in [2.05, 4.69) is 5.32 Å². The number of anilines is 1. The summed E-state index contributed by atoms with van der Waals surface area (Å²) >= 11 is 0. The van der Waals surface area contributed by atoms with Crippen molar-refractivity contribution in [3.8, 4) is 0 Å². The highest BCUT2D eigenvalue weighted by molar-refractivity contribution is 5.94. The van der Waals surface area contributed by atoms with Gasteiger partial charge in [-0.15, -0.1) is 0 Å². The van der Waals surface area contributed by atoms with Gasteiger partial charge in [0.25, 0.3) is 0 Å². The summed E-state index contributed by atoms with van der Waals surface area (Å²) in [4.78, 5) is 10.7. The van der Waals surface area contributed by atoms with Crippen LogP contribution in [0.15, 0.2) is 18.2 Å². The van der Waals surface area contributed by atoms with E-state index in [0.29, 0.717) is 0 Å². The molecule has 0 unspecified atom stereocenters. The van der Waals surface area contributed by atoms with Gasteiger partial charge >= 0.3 is 12.1 Å². The first-order valence-corrected chi connectivity index (χ1v) is 4.63. The SMILES string of the molecule is O=C(O)c1ccc(F)cc1NCCC(F)(F)F. The van der Waals surface area contributed by atoms with E-state index in [1.165, 1.54) is 0 Å². The van der Waals surface area contributed by atoms with Crippen molar-refractivity contribution < 1.29 is 27.5 Å². The van der Waals surface area contributed by atoms with Crippen molar-refractivity contribution in [2.75, 3.05) is 11.9 Å². The van der Waals surface area contributed by atoms with Gasteiger partial charge < -0.3 is 10.4 Å². The van der Waals surface area contributed by atoms with E-state index >= 15 is 0 Å². The molecule has 0 amide bonds. The smallest absolute Gasteiger partial charge is 0.390 e. The van der Waals surface area contributed by atoms with E-state index < -0.39 is 30.9 Å². The van der Waals surface area contributed by atoms with Gasteiger partial charge in [0, 0.05) is 6.54 Å². The molecule has 0 aliphatic heterocycles. The van der Waals surface area contributed by atoms with Gasteiger partial charge in [0.1, 0.15) is 5.82 Å². The topological polar surface area (TPSA) is 49.3 Å². The molecule has 94 valence electrons. The number of benzene rings is 1. The Morgan fingerprint density at radius 3 is 2.53 bits per heavy atom. The minimum atomic E-state index is -4.34. The summed E-state index contributed by atoms with van der Waals surface area (Å²) in [5.41, 5.74) is -0.435. The Balaban J connectivity index is 2.75. The lowest BCUT2D eigenvalue weighted by Gasteiger charge is -2.11. The molecule has 1 aromatic rings. The van der Waals surface area contributed by atoms with Gasteiger partial charge in [0.2, 0.25) is 0 Å². The Morgan fingerprint density at radius 1 is 1.35 bits per heavy atom. The van der Waals surface area contributed by atoms with Gasteiger partial charge in [-0.3, -0.25) is 0 Å². The van der Waals surface area contributed by atoms with Crippen LogP contribution in [0.25, 0.3) is 0 Å². The molecule has 0 radical (unpaired) electrons. The number of rotatable bonds is 4. The van der Waals surface area contributed by atoms with Crippen LogP contribution in [0.3, 0.4) is 0 Å². The van der Waals surface area contributed by atoms with E-state index in [0.717, 1.165) is 18.2 Å². The number of hydrogen-bond donors (Lipinski definition) is 2. The predicted octanol–water partition coefficient (Wildman–Crippen LogP) is 2.89. The molecule has 0 spiro atoms. The number of carboxylic acids is 1. The average Bonchev–Trinajstić information content (AvgIpc) is 2.15. The Hall–Kier alpha value is -1.79. The zero-order valence-corrected chi connectivity index (χ0v) is 8.51. The van der Waals surface area contributed by atoms with Crippen LogP contribution in [0, 0.1) is 5.82 Å². The van der Waals surface area contributed by atoms with Crippen LogP contribution in [0.4, 0.5) is 23.2 Å². The normalized spacial score (nSPS) is 11.3. The van der Waals surface area contributed by atoms with Crippen molar-refractivity contribution >= 4 is 11.7 Å². The lowest BCUT2D eigenvalue weighted by molar-refractivity contribution is -0.131.